The topological polar surface area (TPSA) is 103 Å². The average molecular weight is 506 g/mol. The molecule has 0 aliphatic heterocycles. The number of rotatable bonds is 9. The summed E-state index contributed by atoms with van der Waals surface area (Å²) in [6.45, 7) is 1.36. The highest BCUT2D eigenvalue weighted by molar-refractivity contribution is 6.30. The maximum atomic E-state index is 13.3. The average Bonchev–Trinajstić information content (AvgIpc) is 2.87. The Morgan fingerprint density at radius 2 is 1.58 bits per heavy atom. The van der Waals surface area contributed by atoms with Crippen LogP contribution in [0.2, 0.25) is 5.02 Å². The molecule has 184 valence electrons. The van der Waals surface area contributed by atoms with Gasteiger partial charge in [0, 0.05) is 23.3 Å². The van der Waals surface area contributed by atoms with Crippen molar-refractivity contribution in [2.24, 2.45) is 5.92 Å². The van der Waals surface area contributed by atoms with Crippen LogP contribution in [0, 0.1) is 5.92 Å². The molecule has 0 saturated heterocycles. The molecule has 2 N–H and O–H groups in total. The molecule has 1 heterocycles. The lowest BCUT2D eigenvalue weighted by Gasteiger charge is -2.18. The third-order valence-electron chi connectivity index (χ3n) is 5.52. The Morgan fingerprint density at radius 3 is 2.22 bits per heavy atom. The van der Waals surface area contributed by atoms with Crippen LogP contribution in [-0.4, -0.2) is 20.2 Å². The number of nitrogens with one attached hydrogen (secondary N) is 1. The molecule has 0 amide bonds. The fraction of sp³-hybridized carbons (Fsp3) is 0.148. The summed E-state index contributed by atoms with van der Waals surface area (Å²) >= 11 is 5.99. The SMILES string of the molecule is C[C@@H](Cn1c(=O)cc(Nc2ccc(Oc3ccccc3)cc2)n(Cc2ccc(Cl)cc2)c1=O)C(=O)O. The Bertz CT molecular complexity index is 1460. The Labute approximate surface area is 212 Å². The standard InChI is InChI=1S/C27H24ClN3O5/c1-18(26(33)34)16-31-25(32)15-24(30(27(31)35)17-19-7-9-20(28)10-8-19)29-21-11-13-23(14-12-21)36-22-5-3-2-4-6-22/h2-15,18,29H,16-17H2,1H3,(H,33,34)/t18-/m0/s1. The van der Waals surface area contributed by atoms with E-state index >= 15 is 0 Å². The summed E-state index contributed by atoms with van der Waals surface area (Å²) in [5.41, 5.74) is 0.215. The maximum absolute atomic E-state index is 13.3. The van der Waals surface area contributed by atoms with E-state index in [1.165, 1.54) is 17.6 Å². The molecule has 0 aliphatic rings. The Balaban J connectivity index is 1.66. The zero-order valence-corrected chi connectivity index (χ0v) is 20.2. The number of carboxylic acid groups (broad SMARTS) is 1. The van der Waals surface area contributed by atoms with E-state index in [2.05, 4.69) is 5.32 Å². The molecule has 36 heavy (non-hydrogen) atoms. The van der Waals surface area contributed by atoms with Crippen molar-refractivity contribution >= 4 is 29.1 Å². The smallest absolute Gasteiger partial charge is 0.332 e. The maximum Gasteiger partial charge on any atom is 0.332 e. The molecule has 0 unspecified atom stereocenters. The van der Waals surface area contributed by atoms with Gasteiger partial charge in [-0.15, -0.1) is 0 Å². The van der Waals surface area contributed by atoms with Crippen molar-refractivity contribution in [1.29, 1.82) is 0 Å². The summed E-state index contributed by atoms with van der Waals surface area (Å²) < 4.78 is 8.15. The van der Waals surface area contributed by atoms with Crippen molar-refractivity contribution in [2.75, 3.05) is 5.32 Å². The summed E-state index contributed by atoms with van der Waals surface area (Å²) in [6, 6.07) is 24.7. The number of carbonyl (C=O) groups is 1. The fourth-order valence-electron chi connectivity index (χ4n) is 3.54. The van der Waals surface area contributed by atoms with E-state index in [1.807, 2.05) is 30.3 Å². The summed E-state index contributed by atoms with van der Waals surface area (Å²) in [5.74, 6) is -0.394. The second-order valence-corrected chi connectivity index (χ2v) is 8.71. The van der Waals surface area contributed by atoms with E-state index in [0.29, 0.717) is 22.2 Å². The zero-order valence-electron chi connectivity index (χ0n) is 19.4. The van der Waals surface area contributed by atoms with Gasteiger partial charge in [-0.25, -0.2) is 4.79 Å². The van der Waals surface area contributed by atoms with Gasteiger partial charge in [-0.2, -0.15) is 0 Å². The number of aromatic nitrogens is 2. The van der Waals surface area contributed by atoms with Gasteiger partial charge in [0.15, 0.2) is 0 Å². The molecule has 0 bridgehead atoms. The van der Waals surface area contributed by atoms with Gasteiger partial charge in [0.1, 0.15) is 17.3 Å². The van der Waals surface area contributed by atoms with Gasteiger partial charge in [0.25, 0.3) is 5.56 Å². The number of benzene rings is 3. The first kappa shape index (κ1) is 24.8. The Morgan fingerprint density at radius 1 is 0.944 bits per heavy atom. The van der Waals surface area contributed by atoms with Crippen molar-refractivity contribution in [3.8, 4) is 11.5 Å². The Kier molecular flexibility index (Phi) is 7.56. The molecule has 0 radical (unpaired) electrons. The van der Waals surface area contributed by atoms with Crippen LogP contribution in [0.1, 0.15) is 12.5 Å². The molecule has 3 aromatic carbocycles. The number of aliphatic carboxylic acids is 1. The summed E-state index contributed by atoms with van der Waals surface area (Å²) in [7, 11) is 0. The third-order valence-corrected chi connectivity index (χ3v) is 5.77. The van der Waals surface area contributed by atoms with Gasteiger partial charge >= 0.3 is 11.7 Å². The molecule has 0 spiro atoms. The number of anilines is 2. The van der Waals surface area contributed by atoms with Crippen LogP contribution in [0.15, 0.2) is 94.5 Å². The third kappa shape index (κ3) is 6.03. The molecule has 1 aromatic heterocycles. The molecule has 8 nitrogen and oxygen atoms in total. The van der Waals surface area contributed by atoms with Gasteiger partial charge in [0.2, 0.25) is 0 Å². The summed E-state index contributed by atoms with van der Waals surface area (Å²) in [5, 5.41) is 13.0. The van der Waals surface area contributed by atoms with E-state index in [0.717, 1.165) is 10.1 Å². The highest BCUT2D eigenvalue weighted by atomic mass is 35.5. The van der Waals surface area contributed by atoms with Crippen LogP contribution in [-0.2, 0) is 17.9 Å². The summed E-state index contributed by atoms with van der Waals surface area (Å²) in [6.07, 6.45) is 0. The van der Waals surface area contributed by atoms with Crippen molar-refractivity contribution < 1.29 is 14.6 Å². The molecule has 0 fully saturated rings. The van der Waals surface area contributed by atoms with E-state index in [-0.39, 0.29) is 18.9 Å². The zero-order chi connectivity index (χ0) is 25.7. The Hall–Kier alpha value is -4.30. The first-order valence-electron chi connectivity index (χ1n) is 11.2. The number of hydrogen-bond donors (Lipinski definition) is 2. The second kappa shape index (κ2) is 11.0. The van der Waals surface area contributed by atoms with Crippen LogP contribution in [0.25, 0.3) is 0 Å². The molecule has 4 rings (SSSR count). The molecule has 1 atom stereocenters. The number of nitrogens with zero attached hydrogens (tertiary/aromatic N) is 2. The lowest BCUT2D eigenvalue weighted by molar-refractivity contribution is -0.141. The second-order valence-electron chi connectivity index (χ2n) is 8.28. The van der Waals surface area contributed by atoms with E-state index in [4.69, 9.17) is 16.3 Å². The van der Waals surface area contributed by atoms with E-state index < -0.39 is 23.1 Å². The molecule has 0 aliphatic carbocycles. The van der Waals surface area contributed by atoms with Crippen molar-refractivity contribution in [2.45, 2.75) is 20.0 Å². The minimum atomic E-state index is -1.09. The van der Waals surface area contributed by atoms with Gasteiger partial charge in [-0.05, 0) is 54.1 Å². The number of carboxylic acids is 1. The minimum absolute atomic E-state index is 0.148. The number of para-hydroxylation sites is 1. The molecule has 0 saturated carbocycles. The lowest BCUT2D eigenvalue weighted by atomic mass is 10.2. The van der Waals surface area contributed by atoms with Crippen molar-refractivity contribution in [3.63, 3.8) is 0 Å². The largest absolute Gasteiger partial charge is 0.481 e. The predicted molar refractivity (Wildman–Crippen MR) is 139 cm³/mol. The van der Waals surface area contributed by atoms with Gasteiger partial charge < -0.3 is 15.2 Å². The van der Waals surface area contributed by atoms with Crippen molar-refractivity contribution in [3.05, 3.63) is 116 Å². The molecule has 9 heteroatoms. The number of halogens is 1. The van der Waals surface area contributed by atoms with Crippen molar-refractivity contribution in [1.82, 2.24) is 9.13 Å². The number of hydrogen-bond acceptors (Lipinski definition) is 5. The van der Waals surface area contributed by atoms with Crippen LogP contribution in [0.4, 0.5) is 11.5 Å². The molecular formula is C27H24ClN3O5. The van der Waals surface area contributed by atoms with Crippen LogP contribution in [0.5, 0.6) is 11.5 Å². The lowest BCUT2D eigenvalue weighted by Crippen LogP contribution is -2.42. The normalized spacial score (nSPS) is 11.6. The predicted octanol–water partition coefficient (Wildman–Crippen LogP) is 4.97. The van der Waals surface area contributed by atoms with Gasteiger partial charge in [-0.1, -0.05) is 48.9 Å². The highest BCUT2D eigenvalue weighted by Crippen LogP contribution is 2.24. The first-order valence-corrected chi connectivity index (χ1v) is 11.6. The minimum Gasteiger partial charge on any atom is -0.481 e. The molecular weight excluding hydrogens is 482 g/mol. The van der Waals surface area contributed by atoms with Crippen LogP contribution < -0.4 is 21.3 Å². The highest BCUT2D eigenvalue weighted by Gasteiger charge is 2.18. The first-order chi connectivity index (χ1) is 17.3. The summed E-state index contributed by atoms with van der Waals surface area (Å²) in [4.78, 5) is 37.5. The molecule has 4 aromatic rings. The van der Waals surface area contributed by atoms with E-state index in [1.54, 1.807) is 48.5 Å². The van der Waals surface area contributed by atoms with Gasteiger partial charge in [-0.3, -0.25) is 18.7 Å². The number of ether oxygens (including phenoxy) is 1. The van der Waals surface area contributed by atoms with Crippen LogP contribution >= 0.6 is 11.6 Å². The fourth-order valence-corrected chi connectivity index (χ4v) is 3.67. The quantitative estimate of drug-likeness (QED) is 0.333. The van der Waals surface area contributed by atoms with Crippen LogP contribution in [0.3, 0.4) is 0 Å². The van der Waals surface area contributed by atoms with Gasteiger partial charge in [0.05, 0.1) is 12.5 Å². The monoisotopic (exact) mass is 505 g/mol. The van der Waals surface area contributed by atoms with E-state index in [9.17, 15) is 19.5 Å².